The fourth-order valence-electron chi connectivity index (χ4n) is 6.89. The largest absolute Gasteiger partial charge is 0.477 e. The van der Waals surface area contributed by atoms with Gasteiger partial charge in [-0.2, -0.15) is 5.10 Å². The van der Waals surface area contributed by atoms with Gasteiger partial charge in [-0.1, -0.05) is 6.92 Å². The monoisotopic (exact) mass is 548 g/mol. The molecule has 10 nitrogen and oxygen atoms in total. The Bertz CT molecular complexity index is 1250. The van der Waals surface area contributed by atoms with E-state index in [-0.39, 0.29) is 11.9 Å². The summed E-state index contributed by atoms with van der Waals surface area (Å²) in [4.78, 5) is 31.0. The third-order valence-electron chi connectivity index (χ3n) is 9.15. The predicted octanol–water partition coefficient (Wildman–Crippen LogP) is 2.79. The van der Waals surface area contributed by atoms with Crippen molar-refractivity contribution >= 4 is 11.9 Å². The van der Waals surface area contributed by atoms with Gasteiger partial charge >= 0.3 is 0 Å². The van der Waals surface area contributed by atoms with E-state index < -0.39 is 0 Å². The lowest BCUT2D eigenvalue weighted by Gasteiger charge is -2.40. The Morgan fingerprint density at radius 3 is 2.75 bits per heavy atom. The van der Waals surface area contributed by atoms with Gasteiger partial charge in [0.1, 0.15) is 0 Å². The van der Waals surface area contributed by atoms with Crippen molar-refractivity contribution in [1.29, 1.82) is 0 Å². The average Bonchev–Trinajstić information content (AvgIpc) is 3.46. The Labute approximate surface area is 237 Å². The van der Waals surface area contributed by atoms with Gasteiger partial charge in [0.25, 0.3) is 5.91 Å². The summed E-state index contributed by atoms with van der Waals surface area (Å²) in [5.41, 5.74) is 2.86. The summed E-state index contributed by atoms with van der Waals surface area (Å²) in [5.74, 6) is 2.41. The van der Waals surface area contributed by atoms with Gasteiger partial charge in [-0.3, -0.25) is 15.1 Å². The second kappa shape index (κ2) is 11.5. The van der Waals surface area contributed by atoms with Crippen molar-refractivity contribution in [3.63, 3.8) is 0 Å². The smallest absolute Gasteiger partial charge is 0.258 e. The van der Waals surface area contributed by atoms with E-state index in [0.29, 0.717) is 41.6 Å². The van der Waals surface area contributed by atoms with E-state index >= 15 is 0 Å². The topological polar surface area (TPSA) is 91.1 Å². The number of aryl methyl sites for hydroxylation is 2. The van der Waals surface area contributed by atoms with Crippen molar-refractivity contribution in [1.82, 2.24) is 34.8 Å². The van der Waals surface area contributed by atoms with Gasteiger partial charge in [-0.05, 0) is 70.0 Å². The molecule has 40 heavy (non-hydrogen) atoms. The quantitative estimate of drug-likeness (QED) is 0.617. The molecular formula is C30H44N8O2. The molecule has 1 aliphatic carbocycles. The summed E-state index contributed by atoms with van der Waals surface area (Å²) in [6, 6.07) is 4.28. The summed E-state index contributed by atoms with van der Waals surface area (Å²) in [6.45, 7) is 11.5. The minimum absolute atomic E-state index is 0.142. The highest BCUT2D eigenvalue weighted by atomic mass is 16.5. The zero-order chi connectivity index (χ0) is 27.8. The number of fused-ring (bicyclic) bond motifs is 7. The number of aliphatic imine (C=N–C) groups is 1. The van der Waals surface area contributed by atoms with Crippen molar-refractivity contribution in [3.8, 4) is 17.1 Å². The molecule has 0 spiro atoms. The summed E-state index contributed by atoms with van der Waals surface area (Å²) in [6.07, 6.45) is 7.19. The molecule has 6 rings (SSSR count). The zero-order valence-electron chi connectivity index (χ0n) is 24.5. The van der Waals surface area contributed by atoms with Crippen LogP contribution in [0, 0.1) is 18.8 Å². The molecule has 3 unspecified atom stereocenters. The van der Waals surface area contributed by atoms with Crippen molar-refractivity contribution in [2.24, 2.45) is 23.9 Å². The second-order valence-corrected chi connectivity index (χ2v) is 12.4. The number of ether oxygens (including phenoxy) is 1. The van der Waals surface area contributed by atoms with Gasteiger partial charge < -0.3 is 19.4 Å². The third-order valence-corrected chi connectivity index (χ3v) is 9.15. The number of carbonyl (C=O) groups excluding carboxylic acids is 1. The summed E-state index contributed by atoms with van der Waals surface area (Å²) >= 11 is 0. The van der Waals surface area contributed by atoms with Crippen molar-refractivity contribution in [3.05, 3.63) is 29.6 Å². The van der Waals surface area contributed by atoms with Crippen LogP contribution in [0.25, 0.3) is 11.3 Å². The first-order valence-corrected chi connectivity index (χ1v) is 15.0. The van der Waals surface area contributed by atoms with Gasteiger partial charge in [0.2, 0.25) is 11.8 Å². The Morgan fingerprint density at radius 1 is 1.10 bits per heavy atom. The molecule has 4 aliphatic rings. The number of nitrogens with one attached hydrogen (secondary N) is 1. The Hall–Kier alpha value is -2.98. The number of guanidine groups is 1. The SMILES string of the molecule is Cc1cc2cc(n1)-c1cnn(C)c1OCCC[C@@H](C)CN1C(=NC3CCC(CN4CCN(C)CC4)CC31)NC2=O. The molecule has 10 heteroatoms. The molecule has 5 heterocycles. The van der Waals surface area contributed by atoms with Gasteiger partial charge in [0, 0.05) is 57.6 Å². The lowest BCUT2D eigenvalue weighted by atomic mass is 9.82. The van der Waals surface area contributed by atoms with E-state index in [0.717, 1.165) is 75.6 Å². The molecule has 3 aliphatic heterocycles. The van der Waals surface area contributed by atoms with E-state index in [9.17, 15) is 4.79 Å². The predicted molar refractivity (Wildman–Crippen MR) is 156 cm³/mol. The number of carbonyl (C=O) groups is 1. The molecule has 0 radical (unpaired) electrons. The van der Waals surface area contributed by atoms with Crippen LogP contribution >= 0.6 is 0 Å². The minimum atomic E-state index is -0.142. The number of piperazine rings is 1. The van der Waals surface area contributed by atoms with Gasteiger partial charge in [-0.25, -0.2) is 9.67 Å². The fourth-order valence-corrected chi connectivity index (χ4v) is 6.89. The van der Waals surface area contributed by atoms with Crippen molar-refractivity contribution < 1.29 is 9.53 Å². The molecular weight excluding hydrogens is 504 g/mol. The van der Waals surface area contributed by atoms with E-state index in [1.54, 1.807) is 10.9 Å². The first-order chi connectivity index (χ1) is 19.3. The van der Waals surface area contributed by atoms with Gasteiger partial charge in [0.15, 0.2) is 0 Å². The number of rotatable bonds is 2. The molecule has 2 aromatic rings. The van der Waals surface area contributed by atoms with Crippen LogP contribution in [0.5, 0.6) is 5.88 Å². The highest BCUT2D eigenvalue weighted by Crippen LogP contribution is 2.36. The molecule has 216 valence electrons. The van der Waals surface area contributed by atoms with Crippen LogP contribution in [0.4, 0.5) is 0 Å². The first kappa shape index (κ1) is 27.2. The molecule has 1 saturated heterocycles. The zero-order valence-corrected chi connectivity index (χ0v) is 24.5. The Kier molecular flexibility index (Phi) is 7.81. The number of hydrogen-bond acceptors (Lipinski definition) is 8. The number of likely N-dealkylation sites (N-methyl/N-ethyl adjacent to an activating group) is 1. The Morgan fingerprint density at radius 2 is 1.93 bits per heavy atom. The van der Waals surface area contributed by atoms with Crippen LogP contribution < -0.4 is 10.1 Å². The maximum Gasteiger partial charge on any atom is 0.258 e. The second-order valence-electron chi connectivity index (χ2n) is 12.4. The third kappa shape index (κ3) is 5.74. The number of aromatic nitrogens is 3. The van der Waals surface area contributed by atoms with E-state index in [1.807, 2.05) is 26.1 Å². The standard InChI is InChI=1S/C30H44N8O2/c1-20-6-5-13-40-29-24(17-31-36(29)4)26-16-23(14-21(2)32-26)28(39)34-30-33-25-8-7-22(15-27(25)38(30)18-20)19-37-11-9-35(3)10-12-37/h14,16-17,20,22,25,27H,5-13,15,18-19H2,1-4H3,(H,33,34,39)/t20-,22?,25?,27?/m1/s1. The number of nitrogens with zero attached hydrogens (tertiary/aromatic N) is 7. The normalized spacial score (nSPS) is 28.4. The van der Waals surface area contributed by atoms with Crippen LogP contribution in [0.15, 0.2) is 23.3 Å². The lowest BCUT2D eigenvalue weighted by Crippen LogP contribution is -2.51. The lowest BCUT2D eigenvalue weighted by molar-refractivity contribution is 0.0958. The molecule has 2 aromatic heterocycles. The highest BCUT2D eigenvalue weighted by Gasteiger charge is 2.42. The fraction of sp³-hybridized carbons (Fsp3) is 0.667. The Balaban J connectivity index is 1.24. The first-order valence-electron chi connectivity index (χ1n) is 15.0. The van der Waals surface area contributed by atoms with E-state index in [2.05, 4.69) is 39.1 Å². The number of hydrogen-bond donors (Lipinski definition) is 1. The minimum Gasteiger partial charge on any atom is -0.477 e. The number of amides is 1. The molecule has 1 amide bonds. The van der Waals surface area contributed by atoms with Crippen molar-refractivity contribution in [2.45, 2.75) is 58.0 Å². The molecule has 1 saturated carbocycles. The van der Waals surface area contributed by atoms with Crippen molar-refractivity contribution in [2.75, 3.05) is 52.9 Å². The van der Waals surface area contributed by atoms with Gasteiger partial charge in [-0.15, -0.1) is 0 Å². The maximum absolute atomic E-state index is 13.7. The maximum atomic E-state index is 13.7. The number of pyridine rings is 1. The molecule has 1 N–H and O–H groups in total. The molecule has 0 aromatic carbocycles. The van der Waals surface area contributed by atoms with Gasteiger partial charge in [0.05, 0.1) is 36.1 Å². The summed E-state index contributed by atoms with van der Waals surface area (Å²) in [5, 5.41) is 7.64. The molecule has 2 bridgehead atoms. The summed E-state index contributed by atoms with van der Waals surface area (Å²) in [7, 11) is 4.09. The van der Waals surface area contributed by atoms with E-state index in [4.69, 9.17) is 14.7 Å². The van der Waals surface area contributed by atoms with Crippen LogP contribution in [0.1, 0.15) is 55.1 Å². The highest BCUT2D eigenvalue weighted by molar-refractivity contribution is 6.06. The summed E-state index contributed by atoms with van der Waals surface area (Å²) < 4.78 is 7.97. The average molecular weight is 549 g/mol. The molecule has 2 fully saturated rings. The van der Waals surface area contributed by atoms with Crippen LogP contribution in [0.2, 0.25) is 0 Å². The van der Waals surface area contributed by atoms with Crippen LogP contribution in [-0.2, 0) is 7.05 Å². The molecule has 4 atom stereocenters. The van der Waals surface area contributed by atoms with E-state index in [1.165, 1.54) is 13.0 Å². The van der Waals surface area contributed by atoms with Crippen LogP contribution in [0.3, 0.4) is 0 Å². The van der Waals surface area contributed by atoms with Crippen LogP contribution in [-0.4, -0.2) is 106 Å².